The van der Waals surface area contributed by atoms with Gasteiger partial charge in [0.1, 0.15) is 11.0 Å². The summed E-state index contributed by atoms with van der Waals surface area (Å²) in [7, 11) is 0. The molecule has 2 aromatic heterocycles. The summed E-state index contributed by atoms with van der Waals surface area (Å²) in [4.78, 5) is 11.7. The van der Waals surface area contributed by atoms with Crippen molar-refractivity contribution in [3.8, 4) is 34.0 Å². The minimum atomic E-state index is 0.602. The lowest BCUT2D eigenvalue weighted by molar-refractivity contribution is 0.619. The Hall–Kier alpha value is -6.98. The zero-order valence-corrected chi connectivity index (χ0v) is 28.3. The molecule has 52 heavy (non-hydrogen) atoms. The maximum Gasteiger partial charge on any atom is 0.227 e. The van der Waals surface area contributed by atoms with E-state index in [-0.39, 0.29) is 0 Å². The normalized spacial score (nSPS) is 11.6. The number of hydrogen-bond donors (Lipinski definition) is 0. The summed E-state index contributed by atoms with van der Waals surface area (Å²) in [5.74, 6) is 1.20. The number of hydrogen-bond acceptors (Lipinski definition) is 5. The maximum atomic E-state index is 6.08. The standard InChI is InChI=1S/C47H31N3O2/c1-30-13-26-41-35(27-30)7-6-8-40(41)36-15-14-34-29-39(25-20-33(34)28-36)50(37-21-16-31(17-22-37)46-48-42-9-2-4-11-44(42)51-46)38-23-18-32(19-24-38)47-49-43-10-3-5-12-45(43)52-47/h2-29H,1H3. The van der Waals surface area contributed by atoms with E-state index >= 15 is 0 Å². The van der Waals surface area contributed by atoms with E-state index in [1.807, 2.05) is 48.5 Å². The van der Waals surface area contributed by atoms with Crippen molar-refractivity contribution in [1.82, 2.24) is 9.97 Å². The van der Waals surface area contributed by atoms with Crippen LogP contribution in [0.5, 0.6) is 0 Å². The third-order valence-corrected chi connectivity index (χ3v) is 9.76. The van der Waals surface area contributed by atoms with Crippen LogP contribution in [-0.4, -0.2) is 9.97 Å². The van der Waals surface area contributed by atoms with E-state index in [1.54, 1.807) is 0 Å². The van der Waals surface area contributed by atoms with Gasteiger partial charge in [0.15, 0.2) is 11.2 Å². The first kappa shape index (κ1) is 29.9. The first-order valence-electron chi connectivity index (χ1n) is 17.4. The Labute approximate surface area is 300 Å². The Morgan fingerprint density at radius 1 is 0.423 bits per heavy atom. The largest absolute Gasteiger partial charge is 0.436 e. The van der Waals surface area contributed by atoms with Crippen LogP contribution in [0.15, 0.2) is 179 Å². The van der Waals surface area contributed by atoms with Crippen LogP contribution < -0.4 is 4.90 Å². The van der Waals surface area contributed by atoms with Crippen LogP contribution in [0.3, 0.4) is 0 Å². The van der Waals surface area contributed by atoms with Crippen molar-refractivity contribution in [3.63, 3.8) is 0 Å². The smallest absolute Gasteiger partial charge is 0.227 e. The van der Waals surface area contributed by atoms with Gasteiger partial charge in [0.2, 0.25) is 11.8 Å². The second-order valence-corrected chi connectivity index (χ2v) is 13.2. The van der Waals surface area contributed by atoms with E-state index in [0.29, 0.717) is 11.8 Å². The molecular formula is C47H31N3O2. The lowest BCUT2D eigenvalue weighted by Crippen LogP contribution is -2.09. The Kier molecular flexibility index (Phi) is 6.96. The molecule has 0 atom stereocenters. The molecular weight excluding hydrogens is 639 g/mol. The van der Waals surface area contributed by atoms with E-state index in [2.05, 4.69) is 133 Å². The molecule has 8 aromatic carbocycles. The van der Waals surface area contributed by atoms with Crippen molar-refractivity contribution in [1.29, 1.82) is 0 Å². The molecule has 246 valence electrons. The first-order valence-corrected chi connectivity index (χ1v) is 17.4. The molecule has 0 unspecified atom stereocenters. The summed E-state index contributed by atoms with van der Waals surface area (Å²) >= 11 is 0. The van der Waals surface area contributed by atoms with Gasteiger partial charge in [-0.15, -0.1) is 0 Å². The van der Waals surface area contributed by atoms with E-state index in [1.165, 1.54) is 32.8 Å². The number of aromatic nitrogens is 2. The van der Waals surface area contributed by atoms with Gasteiger partial charge in [-0.1, -0.05) is 84.4 Å². The molecule has 0 bridgehead atoms. The van der Waals surface area contributed by atoms with E-state index in [9.17, 15) is 0 Å². The second-order valence-electron chi connectivity index (χ2n) is 13.2. The van der Waals surface area contributed by atoms with Gasteiger partial charge in [0, 0.05) is 28.2 Å². The molecule has 0 aliphatic heterocycles. The number of benzene rings is 8. The van der Waals surface area contributed by atoms with Gasteiger partial charge in [-0.05, 0) is 131 Å². The molecule has 0 radical (unpaired) electrons. The predicted molar refractivity (Wildman–Crippen MR) is 212 cm³/mol. The minimum absolute atomic E-state index is 0.602. The van der Waals surface area contributed by atoms with Gasteiger partial charge in [-0.2, -0.15) is 0 Å². The van der Waals surface area contributed by atoms with Crippen LogP contribution in [0.25, 0.3) is 77.8 Å². The topological polar surface area (TPSA) is 55.3 Å². The van der Waals surface area contributed by atoms with Gasteiger partial charge >= 0.3 is 0 Å². The van der Waals surface area contributed by atoms with Crippen molar-refractivity contribution in [2.24, 2.45) is 0 Å². The van der Waals surface area contributed by atoms with Crippen LogP contribution in [-0.2, 0) is 0 Å². The summed E-state index contributed by atoms with van der Waals surface area (Å²) in [5, 5.41) is 4.86. The van der Waals surface area contributed by atoms with Gasteiger partial charge in [-0.25, -0.2) is 9.97 Å². The fraction of sp³-hybridized carbons (Fsp3) is 0.0213. The molecule has 0 saturated heterocycles. The SMILES string of the molecule is Cc1ccc2c(-c3ccc4cc(N(c5ccc(-c6nc7ccccc7o6)cc5)c5ccc(-c6nc7ccccc7o6)cc5)ccc4c3)cccc2c1. The van der Waals surface area contributed by atoms with Gasteiger partial charge < -0.3 is 13.7 Å². The average Bonchev–Trinajstić information content (AvgIpc) is 3.83. The van der Waals surface area contributed by atoms with Crippen molar-refractivity contribution < 1.29 is 8.83 Å². The molecule has 0 N–H and O–H groups in total. The van der Waals surface area contributed by atoms with Crippen LogP contribution >= 0.6 is 0 Å². The minimum Gasteiger partial charge on any atom is -0.436 e. The third-order valence-electron chi connectivity index (χ3n) is 9.76. The van der Waals surface area contributed by atoms with Gasteiger partial charge in [0.25, 0.3) is 0 Å². The number of aryl methyl sites for hydroxylation is 1. The van der Waals surface area contributed by atoms with Gasteiger partial charge in [-0.3, -0.25) is 0 Å². The molecule has 0 aliphatic carbocycles. The summed E-state index contributed by atoms with van der Waals surface area (Å²) in [6, 6.07) is 59.1. The first-order chi connectivity index (χ1) is 25.6. The van der Waals surface area contributed by atoms with Crippen LogP contribution in [0.4, 0.5) is 17.1 Å². The molecule has 0 fully saturated rings. The third kappa shape index (κ3) is 5.27. The Morgan fingerprint density at radius 3 is 1.62 bits per heavy atom. The molecule has 0 aliphatic rings. The number of fused-ring (bicyclic) bond motifs is 4. The van der Waals surface area contributed by atoms with Crippen molar-refractivity contribution in [3.05, 3.63) is 175 Å². The second kappa shape index (κ2) is 12.1. The number of oxazole rings is 2. The summed E-state index contributed by atoms with van der Waals surface area (Å²) in [6.07, 6.45) is 0. The van der Waals surface area contributed by atoms with E-state index < -0.39 is 0 Å². The quantitative estimate of drug-likeness (QED) is 0.176. The average molecular weight is 670 g/mol. The highest BCUT2D eigenvalue weighted by atomic mass is 16.4. The number of rotatable bonds is 6. The highest BCUT2D eigenvalue weighted by Crippen LogP contribution is 2.39. The number of nitrogens with zero attached hydrogens (tertiary/aromatic N) is 3. The van der Waals surface area contributed by atoms with Gasteiger partial charge in [0.05, 0.1) is 0 Å². The van der Waals surface area contributed by atoms with E-state index in [0.717, 1.165) is 55.8 Å². The molecule has 2 heterocycles. The Morgan fingerprint density at radius 2 is 0.981 bits per heavy atom. The lowest BCUT2D eigenvalue weighted by Gasteiger charge is -2.26. The molecule has 0 amide bonds. The Bertz CT molecular complexity index is 2740. The van der Waals surface area contributed by atoms with Crippen molar-refractivity contribution in [2.45, 2.75) is 6.92 Å². The van der Waals surface area contributed by atoms with Crippen LogP contribution in [0.1, 0.15) is 5.56 Å². The Balaban J connectivity index is 1.05. The fourth-order valence-corrected chi connectivity index (χ4v) is 7.14. The zero-order valence-electron chi connectivity index (χ0n) is 28.3. The van der Waals surface area contributed by atoms with E-state index in [4.69, 9.17) is 18.8 Å². The lowest BCUT2D eigenvalue weighted by atomic mass is 9.95. The summed E-state index contributed by atoms with van der Waals surface area (Å²) in [6.45, 7) is 2.14. The van der Waals surface area contributed by atoms with Crippen molar-refractivity contribution >= 4 is 60.8 Å². The summed E-state index contributed by atoms with van der Waals surface area (Å²) in [5.41, 5.74) is 11.9. The molecule has 0 spiro atoms. The zero-order chi connectivity index (χ0) is 34.6. The monoisotopic (exact) mass is 669 g/mol. The molecule has 0 saturated carbocycles. The molecule has 5 heteroatoms. The molecule has 10 rings (SSSR count). The van der Waals surface area contributed by atoms with Crippen molar-refractivity contribution in [2.75, 3.05) is 4.90 Å². The molecule has 5 nitrogen and oxygen atoms in total. The number of anilines is 3. The maximum absolute atomic E-state index is 6.08. The molecule has 10 aromatic rings. The highest BCUT2D eigenvalue weighted by Gasteiger charge is 2.17. The van der Waals surface area contributed by atoms with Crippen LogP contribution in [0.2, 0.25) is 0 Å². The summed E-state index contributed by atoms with van der Waals surface area (Å²) < 4.78 is 12.2. The fourth-order valence-electron chi connectivity index (χ4n) is 7.14. The number of para-hydroxylation sites is 4. The highest BCUT2D eigenvalue weighted by molar-refractivity contribution is 6.00. The van der Waals surface area contributed by atoms with Crippen LogP contribution in [0, 0.1) is 6.92 Å². The predicted octanol–water partition coefficient (Wildman–Crippen LogP) is 13.1.